The second-order valence-electron chi connectivity index (χ2n) is 5.13. The molecule has 136 valence electrons. The van der Waals surface area contributed by atoms with Crippen molar-refractivity contribution in [2.75, 3.05) is 14.2 Å². The molecule has 0 aromatic heterocycles. The summed E-state index contributed by atoms with van der Waals surface area (Å²) in [5.74, 6) is 0.0820. The number of ether oxygens (including phenoxy) is 2. The second-order valence-corrected chi connectivity index (χ2v) is 6.04. The molecule has 0 fully saturated rings. The Balaban J connectivity index is 2.25. The summed E-state index contributed by atoms with van der Waals surface area (Å²) in [6.07, 6.45) is 0. The van der Waals surface area contributed by atoms with E-state index in [0.29, 0.717) is 22.6 Å². The van der Waals surface area contributed by atoms with Crippen molar-refractivity contribution in [1.82, 2.24) is 5.43 Å². The third-order valence-corrected chi connectivity index (χ3v) is 4.02. The summed E-state index contributed by atoms with van der Waals surface area (Å²) in [4.78, 5) is 22.9. The summed E-state index contributed by atoms with van der Waals surface area (Å²) in [7, 11) is 2.82. The Kier molecular flexibility index (Phi) is 6.29. The number of nitrogens with zero attached hydrogens (tertiary/aromatic N) is 2. The number of halogens is 1. The Labute approximate surface area is 158 Å². The predicted octanol–water partition coefficient (Wildman–Crippen LogP) is 3.53. The summed E-state index contributed by atoms with van der Waals surface area (Å²) < 4.78 is 10.8. The van der Waals surface area contributed by atoms with E-state index < -0.39 is 10.8 Å². The number of methoxy groups -OCH3 is 2. The van der Waals surface area contributed by atoms with Gasteiger partial charge in [-0.25, -0.2) is 5.43 Å². The molecule has 0 saturated heterocycles. The van der Waals surface area contributed by atoms with Crippen molar-refractivity contribution < 1.29 is 19.2 Å². The van der Waals surface area contributed by atoms with Crippen LogP contribution in [0.2, 0.25) is 0 Å². The first kappa shape index (κ1) is 19.4. The van der Waals surface area contributed by atoms with Crippen LogP contribution in [0.15, 0.2) is 46.0 Å². The number of hydrazone groups is 1. The van der Waals surface area contributed by atoms with E-state index in [4.69, 9.17) is 9.47 Å². The second kappa shape index (κ2) is 8.43. The van der Waals surface area contributed by atoms with Crippen LogP contribution in [-0.4, -0.2) is 30.8 Å². The molecule has 2 aromatic carbocycles. The molecule has 0 unspecified atom stereocenters. The lowest BCUT2D eigenvalue weighted by Gasteiger charge is -2.08. The van der Waals surface area contributed by atoms with Crippen molar-refractivity contribution in [3.8, 4) is 11.5 Å². The van der Waals surface area contributed by atoms with E-state index >= 15 is 0 Å². The molecule has 0 spiro atoms. The van der Waals surface area contributed by atoms with Crippen LogP contribution in [0.1, 0.15) is 22.8 Å². The van der Waals surface area contributed by atoms with Gasteiger partial charge in [0.1, 0.15) is 5.75 Å². The zero-order valence-electron chi connectivity index (χ0n) is 14.3. The molecule has 0 aliphatic heterocycles. The topological polar surface area (TPSA) is 103 Å². The summed E-state index contributed by atoms with van der Waals surface area (Å²) in [6.45, 7) is 1.63. The van der Waals surface area contributed by atoms with Crippen LogP contribution in [0.3, 0.4) is 0 Å². The van der Waals surface area contributed by atoms with Crippen LogP contribution in [0.25, 0.3) is 0 Å². The number of nitro benzene ring substituents is 1. The van der Waals surface area contributed by atoms with Gasteiger partial charge in [0.2, 0.25) is 0 Å². The monoisotopic (exact) mass is 421 g/mol. The first-order chi connectivity index (χ1) is 12.4. The number of hydrogen-bond acceptors (Lipinski definition) is 6. The number of amides is 1. The summed E-state index contributed by atoms with van der Waals surface area (Å²) in [5.41, 5.74) is 3.43. The Morgan fingerprint density at radius 3 is 2.42 bits per heavy atom. The van der Waals surface area contributed by atoms with E-state index in [-0.39, 0.29) is 11.4 Å². The minimum Gasteiger partial charge on any atom is -0.496 e. The van der Waals surface area contributed by atoms with Crippen LogP contribution < -0.4 is 14.9 Å². The average Bonchev–Trinajstić information content (AvgIpc) is 2.65. The van der Waals surface area contributed by atoms with E-state index in [2.05, 4.69) is 26.5 Å². The number of hydrogen-bond donors (Lipinski definition) is 1. The number of carbonyl (C=O) groups excluding carboxylic acids is 1. The van der Waals surface area contributed by atoms with Gasteiger partial charge in [0, 0.05) is 16.1 Å². The Bertz CT molecular complexity index is 883. The maximum atomic E-state index is 12.3. The molecular formula is C17H16BrN3O5. The molecule has 0 atom stereocenters. The van der Waals surface area contributed by atoms with Gasteiger partial charge in [-0.15, -0.1) is 0 Å². The van der Waals surface area contributed by atoms with Gasteiger partial charge >= 0.3 is 5.69 Å². The van der Waals surface area contributed by atoms with Crippen LogP contribution in [0.4, 0.5) is 5.69 Å². The normalized spacial score (nSPS) is 11.0. The highest BCUT2D eigenvalue weighted by atomic mass is 79.9. The van der Waals surface area contributed by atoms with Gasteiger partial charge in [0.05, 0.1) is 30.4 Å². The molecule has 0 saturated carbocycles. The fourth-order valence-corrected chi connectivity index (χ4v) is 2.54. The number of nitrogens with one attached hydrogen (secondary N) is 1. The lowest BCUT2D eigenvalue weighted by atomic mass is 10.1. The molecule has 2 rings (SSSR count). The number of nitro groups is 1. The van der Waals surface area contributed by atoms with Crippen molar-refractivity contribution in [3.05, 3.63) is 62.1 Å². The third kappa shape index (κ3) is 4.37. The largest absolute Gasteiger partial charge is 0.496 e. The molecule has 9 heteroatoms. The molecule has 26 heavy (non-hydrogen) atoms. The van der Waals surface area contributed by atoms with Gasteiger partial charge in [0.15, 0.2) is 5.75 Å². The first-order valence-corrected chi connectivity index (χ1v) is 8.17. The fourth-order valence-electron chi connectivity index (χ4n) is 2.17. The van der Waals surface area contributed by atoms with Crippen LogP contribution >= 0.6 is 15.9 Å². The smallest absolute Gasteiger partial charge is 0.311 e. The molecule has 0 aliphatic carbocycles. The zero-order chi connectivity index (χ0) is 19.3. The molecule has 0 radical (unpaired) electrons. The van der Waals surface area contributed by atoms with Crippen molar-refractivity contribution in [2.24, 2.45) is 5.10 Å². The maximum Gasteiger partial charge on any atom is 0.311 e. The van der Waals surface area contributed by atoms with Gasteiger partial charge in [0.25, 0.3) is 5.91 Å². The van der Waals surface area contributed by atoms with E-state index in [0.717, 1.165) is 4.47 Å². The lowest BCUT2D eigenvalue weighted by Crippen LogP contribution is -2.20. The van der Waals surface area contributed by atoms with E-state index in [1.807, 2.05) is 0 Å². The maximum absolute atomic E-state index is 12.3. The van der Waals surface area contributed by atoms with Crippen molar-refractivity contribution in [1.29, 1.82) is 0 Å². The number of carbonyl (C=O) groups is 1. The fraction of sp³-hybridized carbons (Fsp3) is 0.176. The van der Waals surface area contributed by atoms with Gasteiger partial charge in [-0.2, -0.15) is 5.10 Å². The summed E-state index contributed by atoms with van der Waals surface area (Å²) in [6, 6.07) is 9.45. The van der Waals surface area contributed by atoms with Crippen molar-refractivity contribution in [2.45, 2.75) is 6.92 Å². The molecule has 1 N–H and O–H groups in total. The Hall–Kier alpha value is -2.94. The molecule has 1 amide bonds. The Morgan fingerprint density at radius 1 is 1.15 bits per heavy atom. The molecular weight excluding hydrogens is 406 g/mol. The van der Waals surface area contributed by atoms with E-state index in [1.54, 1.807) is 31.2 Å². The van der Waals surface area contributed by atoms with Gasteiger partial charge < -0.3 is 9.47 Å². The van der Waals surface area contributed by atoms with Crippen LogP contribution in [0, 0.1) is 10.1 Å². The van der Waals surface area contributed by atoms with Gasteiger partial charge in [-0.05, 0) is 37.3 Å². The van der Waals surface area contributed by atoms with Gasteiger partial charge in [-0.1, -0.05) is 15.9 Å². The number of benzene rings is 2. The highest BCUT2D eigenvalue weighted by Crippen LogP contribution is 2.28. The standard InChI is InChI=1S/C17H16BrN3O5/c1-10(11-4-6-16(26-3)14(8-11)21(23)24)19-20-17(22)13-9-12(18)5-7-15(13)25-2/h4-9H,1-3H3,(H,20,22)/b19-10-. The van der Waals surface area contributed by atoms with Crippen LogP contribution in [0.5, 0.6) is 11.5 Å². The zero-order valence-corrected chi connectivity index (χ0v) is 15.9. The molecule has 0 aliphatic rings. The summed E-state index contributed by atoms with van der Waals surface area (Å²) in [5, 5.41) is 15.1. The third-order valence-electron chi connectivity index (χ3n) is 3.52. The highest BCUT2D eigenvalue weighted by molar-refractivity contribution is 9.10. The summed E-state index contributed by atoms with van der Waals surface area (Å²) >= 11 is 3.30. The minimum atomic E-state index is -0.541. The molecule has 0 heterocycles. The average molecular weight is 422 g/mol. The molecule has 2 aromatic rings. The quantitative estimate of drug-likeness (QED) is 0.436. The highest BCUT2D eigenvalue weighted by Gasteiger charge is 2.17. The predicted molar refractivity (Wildman–Crippen MR) is 100 cm³/mol. The van der Waals surface area contributed by atoms with E-state index in [9.17, 15) is 14.9 Å². The Morgan fingerprint density at radius 2 is 1.81 bits per heavy atom. The first-order valence-electron chi connectivity index (χ1n) is 7.38. The lowest BCUT2D eigenvalue weighted by molar-refractivity contribution is -0.385. The number of rotatable bonds is 6. The minimum absolute atomic E-state index is 0.148. The van der Waals surface area contributed by atoms with Crippen LogP contribution in [-0.2, 0) is 0 Å². The van der Waals surface area contributed by atoms with E-state index in [1.165, 1.54) is 26.4 Å². The van der Waals surface area contributed by atoms with Crippen molar-refractivity contribution >= 4 is 33.2 Å². The molecule has 0 bridgehead atoms. The SMILES string of the molecule is COc1ccc(Br)cc1C(=O)N/N=C(/C)c1ccc(OC)c([N+](=O)[O-])c1. The van der Waals surface area contributed by atoms with Crippen molar-refractivity contribution in [3.63, 3.8) is 0 Å². The molecule has 8 nitrogen and oxygen atoms in total. The van der Waals surface area contributed by atoms with Gasteiger partial charge in [-0.3, -0.25) is 14.9 Å².